The maximum atomic E-state index is 12.9. The molecule has 0 bridgehead atoms. The highest BCUT2D eigenvalue weighted by atomic mass is 16.6. The lowest BCUT2D eigenvalue weighted by molar-refractivity contribution is -0.139. The monoisotopic (exact) mass is 448 g/mol. The van der Waals surface area contributed by atoms with Crippen LogP contribution in [0.3, 0.4) is 0 Å². The lowest BCUT2D eigenvalue weighted by atomic mass is 10.0. The number of morpholine rings is 1. The van der Waals surface area contributed by atoms with Crippen LogP contribution in [0, 0.1) is 0 Å². The van der Waals surface area contributed by atoms with E-state index in [0.29, 0.717) is 25.6 Å². The van der Waals surface area contributed by atoms with E-state index >= 15 is 0 Å². The summed E-state index contributed by atoms with van der Waals surface area (Å²) >= 11 is 0. The summed E-state index contributed by atoms with van der Waals surface area (Å²) in [5.74, 6) is 0.414. The van der Waals surface area contributed by atoms with Gasteiger partial charge in [0.05, 0.1) is 25.2 Å². The van der Waals surface area contributed by atoms with Crippen LogP contribution in [-0.2, 0) is 16.0 Å². The standard InChI is InChI=1S/C20H20N10O3/c31-19(5-13-7-21-20(22-8-13)30-12-23-26-27-30)29-4-3-28-10-18(32-11-15(28)9-29)14-1-2-16-17(6-14)25-33-24-16/h1-2,6-8,12,15,18H,3-5,9-11H2/t15-,18-/m0/s1. The molecule has 2 aliphatic rings. The van der Waals surface area contributed by atoms with Crippen molar-refractivity contribution in [2.24, 2.45) is 0 Å². The van der Waals surface area contributed by atoms with Gasteiger partial charge in [0, 0.05) is 38.6 Å². The van der Waals surface area contributed by atoms with Gasteiger partial charge in [0.25, 0.3) is 5.95 Å². The van der Waals surface area contributed by atoms with E-state index < -0.39 is 0 Å². The molecule has 0 unspecified atom stereocenters. The fourth-order valence-corrected chi connectivity index (χ4v) is 4.31. The average Bonchev–Trinajstić information content (AvgIpc) is 3.56. The molecule has 0 spiro atoms. The Hall–Kier alpha value is -3.84. The molecular weight excluding hydrogens is 428 g/mol. The first-order chi connectivity index (χ1) is 16.2. The summed E-state index contributed by atoms with van der Waals surface area (Å²) in [7, 11) is 0. The molecule has 33 heavy (non-hydrogen) atoms. The first-order valence-corrected chi connectivity index (χ1v) is 10.6. The highest BCUT2D eigenvalue weighted by Crippen LogP contribution is 2.28. The maximum absolute atomic E-state index is 12.9. The zero-order valence-electron chi connectivity index (χ0n) is 17.6. The summed E-state index contributed by atoms with van der Waals surface area (Å²) in [5, 5.41) is 18.6. The van der Waals surface area contributed by atoms with Crippen molar-refractivity contribution in [2.75, 3.05) is 32.8 Å². The van der Waals surface area contributed by atoms with E-state index in [1.807, 2.05) is 23.1 Å². The highest BCUT2D eigenvalue weighted by molar-refractivity contribution is 5.78. The van der Waals surface area contributed by atoms with Gasteiger partial charge in [-0.15, -0.1) is 5.10 Å². The minimum Gasteiger partial charge on any atom is -0.370 e. The Morgan fingerprint density at radius 2 is 1.97 bits per heavy atom. The van der Waals surface area contributed by atoms with Crippen molar-refractivity contribution in [1.29, 1.82) is 0 Å². The van der Waals surface area contributed by atoms with Crippen molar-refractivity contribution < 1.29 is 14.2 Å². The Kier molecular flexibility index (Phi) is 4.96. The number of fused-ring (bicyclic) bond motifs is 2. The van der Waals surface area contributed by atoms with Crippen LogP contribution in [0.4, 0.5) is 0 Å². The van der Waals surface area contributed by atoms with E-state index in [1.54, 1.807) is 12.4 Å². The lowest BCUT2D eigenvalue weighted by Gasteiger charge is -2.46. The fourth-order valence-electron chi connectivity index (χ4n) is 4.31. The quantitative estimate of drug-likeness (QED) is 0.410. The van der Waals surface area contributed by atoms with E-state index in [0.717, 1.165) is 35.2 Å². The summed E-state index contributed by atoms with van der Waals surface area (Å²) in [6.45, 7) is 3.46. The molecule has 2 atom stereocenters. The number of piperazine rings is 1. The molecule has 6 rings (SSSR count). The molecule has 0 N–H and O–H groups in total. The van der Waals surface area contributed by atoms with E-state index in [4.69, 9.17) is 9.37 Å². The molecule has 168 valence electrons. The zero-order chi connectivity index (χ0) is 22.2. The van der Waals surface area contributed by atoms with Crippen LogP contribution in [0.2, 0.25) is 0 Å². The summed E-state index contributed by atoms with van der Waals surface area (Å²) in [4.78, 5) is 25.7. The molecule has 2 fully saturated rings. The Morgan fingerprint density at radius 3 is 2.82 bits per heavy atom. The first-order valence-electron chi connectivity index (χ1n) is 10.6. The highest BCUT2D eigenvalue weighted by Gasteiger charge is 2.35. The minimum atomic E-state index is -0.0412. The van der Waals surface area contributed by atoms with Crippen LogP contribution in [-0.4, -0.2) is 95.0 Å². The third-order valence-electron chi connectivity index (χ3n) is 6.10. The Labute approximate surface area is 187 Å². The van der Waals surface area contributed by atoms with E-state index in [1.165, 1.54) is 11.0 Å². The Bertz CT molecular complexity index is 1260. The number of nitrogens with zero attached hydrogens (tertiary/aromatic N) is 10. The van der Waals surface area contributed by atoms with E-state index in [2.05, 4.69) is 40.7 Å². The summed E-state index contributed by atoms with van der Waals surface area (Å²) in [5.41, 5.74) is 3.26. The number of hydrogen-bond donors (Lipinski definition) is 0. The van der Waals surface area contributed by atoms with Gasteiger partial charge in [-0.2, -0.15) is 4.68 Å². The predicted octanol–water partition coefficient (Wildman–Crippen LogP) is -0.185. The normalized spacial score (nSPS) is 21.3. The van der Waals surface area contributed by atoms with Crippen LogP contribution in [0.5, 0.6) is 0 Å². The molecule has 13 heteroatoms. The van der Waals surface area contributed by atoms with Crippen molar-refractivity contribution in [3.8, 4) is 5.95 Å². The summed E-state index contributed by atoms with van der Waals surface area (Å²) in [6.07, 6.45) is 4.89. The van der Waals surface area contributed by atoms with Crippen molar-refractivity contribution >= 4 is 16.9 Å². The van der Waals surface area contributed by atoms with Gasteiger partial charge in [0.1, 0.15) is 17.4 Å². The fraction of sp³-hybridized carbons (Fsp3) is 0.400. The number of aromatic nitrogens is 8. The second-order valence-corrected chi connectivity index (χ2v) is 8.15. The third-order valence-corrected chi connectivity index (χ3v) is 6.10. The first kappa shape index (κ1) is 19.8. The molecule has 5 heterocycles. The van der Waals surface area contributed by atoms with Crippen molar-refractivity contribution in [3.05, 3.63) is 48.0 Å². The largest absolute Gasteiger partial charge is 0.370 e. The van der Waals surface area contributed by atoms with E-state index in [9.17, 15) is 4.79 Å². The number of rotatable bonds is 4. The molecular formula is C20H20N10O3. The van der Waals surface area contributed by atoms with Gasteiger partial charge in [-0.1, -0.05) is 6.07 Å². The Morgan fingerprint density at radius 1 is 1.09 bits per heavy atom. The second-order valence-electron chi connectivity index (χ2n) is 8.15. The van der Waals surface area contributed by atoms with E-state index in [-0.39, 0.29) is 24.5 Å². The molecule has 1 amide bonds. The molecule has 3 aromatic heterocycles. The predicted molar refractivity (Wildman–Crippen MR) is 111 cm³/mol. The molecule has 1 aromatic carbocycles. The van der Waals surface area contributed by atoms with Crippen LogP contribution in [0.25, 0.3) is 17.0 Å². The number of benzene rings is 1. The molecule has 0 saturated carbocycles. The van der Waals surface area contributed by atoms with Gasteiger partial charge < -0.3 is 9.64 Å². The van der Waals surface area contributed by atoms with Crippen molar-refractivity contribution in [3.63, 3.8) is 0 Å². The number of tetrazole rings is 1. The number of carbonyl (C=O) groups excluding carboxylic acids is 1. The van der Waals surface area contributed by atoms with Crippen LogP contribution >= 0.6 is 0 Å². The van der Waals surface area contributed by atoms with Gasteiger partial charge in [0.15, 0.2) is 0 Å². The molecule has 0 radical (unpaired) electrons. The van der Waals surface area contributed by atoms with Crippen LogP contribution in [0.15, 0.2) is 41.5 Å². The van der Waals surface area contributed by atoms with Gasteiger partial charge in [-0.25, -0.2) is 14.6 Å². The molecule has 2 aliphatic heterocycles. The van der Waals surface area contributed by atoms with Gasteiger partial charge in [-0.3, -0.25) is 9.69 Å². The summed E-state index contributed by atoms with van der Waals surface area (Å²) < 4.78 is 12.3. The maximum Gasteiger partial charge on any atom is 0.253 e. The smallest absolute Gasteiger partial charge is 0.253 e. The number of amides is 1. The lowest BCUT2D eigenvalue weighted by Crippen LogP contribution is -2.59. The van der Waals surface area contributed by atoms with Gasteiger partial charge >= 0.3 is 0 Å². The topological polar surface area (TPSA) is 141 Å². The molecule has 0 aliphatic carbocycles. The minimum absolute atomic E-state index is 0.0412. The van der Waals surface area contributed by atoms with Crippen LogP contribution < -0.4 is 0 Å². The van der Waals surface area contributed by atoms with Crippen LogP contribution in [0.1, 0.15) is 17.2 Å². The number of ether oxygens (including phenoxy) is 1. The number of hydrogen-bond acceptors (Lipinski definition) is 11. The van der Waals surface area contributed by atoms with Crippen molar-refractivity contribution in [1.82, 2.24) is 50.3 Å². The zero-order valence-corrected chi connectivity index (χ0v) is 17.6. The SMILES string of the molecule is O=C(Cc1cnc(-n2cnnn2)nc1)N1CCN2C[C@@H](c3ccc4nonc4c3)OC[C@@H]2C1. The number of carbonyl (C=O) groups is 1. The average molecular weight is 448 g/mol. The molecule has 13 nitrogen and oxygen atoms in total. The molecule has 4 aromatic rings. The Balaban J connectivity index is 1.06. The van der Waals surface area contributed by atoms with Gasteiger partial charge in [0.2, 0.25) is 5.91 Å². The summed E-state index contributed by atoms with van der Waals surface area (Å²) in [6, 6.07) is 6.04. The third kappa shape index (κ3) is 3.91. The van der Waals surface area contributed by atoms with Gasteiger partial charge in [-0.05, 0) is 44.0 Å². The second kappa shape index (κ2) is 8.26. The van der Waals surface area contributed by atoms with Crippen molar-refractivity contribution in [2.45, 2.75) is 18.6 Å². The molecule has 2 saturated heterocycles.